The van der Waals surface area contributed by atoms with Crippen molar-refractivity contribution >= 4 is 17.5 Å². The Bertz CT molecular complexity index is 812. The van der Waals surface area contributed by atoms with Gasteiger partial charge in [-0.25, -0.2) is 4.98 Å². The van der Waals surface area contributed by atoms with Crippen LogP contribution in [0.4, 0.5) is 0 Å². The lowest BCUT2D eigenvalue weighted by molar-refractivity contribution is -0.129. The number of nitrogens with zero attached hydrogens (tertiary/aromatic N) is 2. The van der Waals surface area contributed by atoms with Crippen LogP contribution >= 0.6 is 11.6 Å². The van der Waals surface area contributed by atoms with E-state index in [2.05, 4.69) is 4.98 Å². The van der Waals surface area contributed by atoms with E-state index in [0.717, 1.165) is 11.3 Å². The zero-order chi connectivity index (χ0) is 18.7. The van der Waals surface area contributed by atoms with Crippen LogP contribution in [0.3, 0.4) is 0 Å². The van der Waals surface area contributed by atoms with E-state index >= 15 is 0 Å². The Morgan fingerprint density at radius 3 is 2.65 bits per heavy atom. The zero-order valence-electron chi connectivity index (χ0n) is 15.0. The van der Waals surface area contributed by atoms with Crippen molar-refractivity contribution in [3.05, 3.63) is 46.6 Å². The van der Waals surface area contributed by atoms with Gasteiger partial charge in [-0.3, -0.25) is 4.79 Å². The van der Waals surface area contributed by atoms with Crippen molar-refractivity contribution < 1.29 is 19.0 Å². The Kier molecular flexibility index (Phi) is 5.52. The van der Waals surface area contributed by atoms with Crippen molar-refractivity contribution in [1.82, 2.24) is 9.88 Å². The molecule has 0 bridgehead atoms. The Hall–Kier alpha value is -2.47. The summed E-state index contributed by atoms with van der Waals surface area (Å²) in [6.45, 7) is 0.434. The molecule has 1 aromatic carbocycles. The molecule has 2 heterocycles. The van der Waals surface area contributed by atoms with E-state index in [9.17, 15) is 4.79 Å². The van der Waals surface area contributed by atoms with Crippen molar-refractivity contribution in [3.8, 4) is 17.4 Å². The van der Waals surface area contributed by atoms with Crippen molar-refractivity contribution in [3.63, 3.8) is 0 Å². The molecule has 0 radical (unpaired) electrons. The summed E-state index contributed by atoms with van der Waals surface area (Å²) in [6, 6.07) is 9.05. The fourth-order valence-electron chi connectivity index (χ4n) is 3.17. The van der Waals surface area contributed by atoms with Crippen LogP contribution in [-0.2, 0) is 11.3 Å². The van der Waals surface area contributed by atoms with Crippen molar-refractivity contribution in [2.24, 2.45) is 0 Å². The van der Waals surface area contributed by atoms with Gasteiger partial charge in [-0.2, -0.15) is 0 Å². The molecule has 0 unspecified atom stereocenters. The number of aromatic nitrogens is 1. The second-order valence-corrected chi connectivity index (χ2v) is 6.39. The van der Waals surface area contributed by atoms with Crippen molar-refractivity contribution in [2.75, 3.05) is 21.3 Å². The molecule has 1 fully saturated rings. The number of amides is 1. The summed E-state index contributed by atoms with van der Waals surface area (Å²) < 4.78 is 15.9. The largest absolute Gasteiger partial charge is 0.497 e. The summed E-state index contributed by atoms with van der Waals surface area (Å²) >= 11 is 6.07. The van der Waals surface area contributed by atoms with Gasteiger partial charge in [0.05, 0.1) is 33.1 Å². The second kappa shape index (κ2) is 7.83. The number of methoxy groups -OCH3 is 3. The van der Waals surface area contributed by atoms with Crippen LogP contribution in [0, 0.1) is 0 Å². The third-order valence-electron chi connectivity index (χ3n) is 4.53. The van der Waals surface area contributed by atoms with Crippen LogP contribution in [0.25, 0.3) is 0 Å². The molecule has 1 saturated heterocycles. The quantitative estimate of drug-likeness (QED) is 0.770. The third kappa shape index (κ3) is 3.55. The third-order valence-corrected chi connectivity index (χ3v) is 4.82. The minimum atomic E-state index is -0.125. The number of ether oxygens (including phenoxy) is 3. The van der Waals surface area contributed by atoms with E-state index in [1.165, 1.54) is 7.11 Å². The molecular formula is C19H21ClN2O4. The predicted octanol–water partition coefficient (Wildman–Crippen LogP) is 3.62. The Balaban J connectivity index is 1.89. The Morgan fingerprint density at radius 1 is 1.15 bits per heavy atom. The minimum Gasteiger partial charge on any atom is -0.497 e. The van der Waals surface area contributed by atoms with E-state index in [-0.39, 0.29) is 11.9 Å². The molecule has 26 heavy (non-hydrogen) atoms. The number of pyridine rings is 1. The zero-order valence-corrected chi connectivity index (χ0v) is 15.7. The number of halogens is 1. The molecule has 6 nitrogen and oxygen atoms in total. The highest BCUT2D eigenvalue weighted by Crippen LogP contribution is 2.37. The van der Waals surface area contributed by atoms with Crippen LogP contribution in [0.5, 0.6) is 17.4 Å². The number of likely N-dealkylation sites (tertiary alicyclic amines) is 1. The molecule has 138 valence electrons. The molecule has 1 aliphatic heterocycles. The SMILES string of the molecule is COc1ccc(CN2C(=O)CC[C@@H]2c2ccc(Cl)c(OC)n2)c(OC)c1. The average Bonchev–Trinajstić information content (AvgIpc) is 3.03. The van der Waals surface area contributed by atoms with Gasteiger partial charge in [0.1, 0.15) is 16.5 Å². The lowest BCUT2D eigenvalue weighted by atomic mass is 10.1. The van der Waals surface area contributed by atoms with Crippen LogP contribution in [-0.4, -0.2) is 37.1 Å². The van der Waals surface area contributed by atoms with Crippen LogP contribution < -0.4 is 14.2 Å². The lowest BCUT2D eigenvalue weighted by Gasteiger charge is -2.25. The highest BCUT2D eigenvalue weighted by molar-refractivity contribution is 6.31. The molecule has 1 aromatic heterocycles. The topological polar surface area (TPSA) is 60.9 Å². The molecule has 7 heteroatoms. The van der Waals surface area contributed by atoms with E-state index in [1.807, 2.05) is 29.2 Å². The number of hydrogen-bond acceptors (Lipinski definition) is 5. The van der Waals surface area contributed by atoms with Crippen molar-refractivity contribution in [2.45, 2.75) is 25.4 Å². The Morgan fingerprint density at radius 2 is 1.96 bits per heavy atom. The van der Waals surface area contributed by atoms with E-state index in [1.54, 1.807) is 20.3 Å². The highest BCUT2D eigenvalue weighted by Gasteiger charge is 2.34. The summed E-state index contributed by atoms with van der Waals surface area (Å²) in [7, 11) is 4.74. The van der Waals surface area contributed by atoms with Crippen molar-refractivity contribution in [1.29, 1.82) is 0 Å². The van der Waals surface area contributed by atoms with Gasteiger partial charge in [-0.15, -0.1) is 0 Å². The van der Waals surface area contributed by atoms with Crippen LogP contribution in [0.2, 0.25) is 5.02 Å². The molecule has 0 N–H and O–H groups in total. The van der Waals surface area contributed by atoms with Gasteiger partial charge in [-0.1, -0.05) is 11.6 Å². The fourth-order valence-corrected chi connectivity index (χ4v) is 3.35. The first-order valence-corrected chi connectivity index (χ1v) is 8.66. The molecule has 2 aromatic rings. The number of rotatable bonds is 6. The minimum absolute atomic E-state index is 0.0867. The summed E-state index contributed by atoms with van der Waals surface area (Å²) in [4.78, 5) is 18.8. The fraction of sp³-hybridized carbons (Fsp3) is 0.368. The maximum absolute atomic E-state index is 12.5. The smallest absolute Gasteiger partial charge is 0.232 e. The summed E-state index contributed by atoms with van der Waals surface area (Å²) in [5.74, 6) is 1.84. The maximum Gasteiger partial charge on any atom is 0.232 e. The van der Waals surface area contributed by atoms with E-state index in [4.69, 9.17) is 25.8 Å². The van der Waals surface area contributed by atoms with Gasteiger partial charge < -0.3 is 19.1 Å². The van der Waals surface area contributed by atoms with Crippen LogP contribution in [0.15, 0.2) is 30.3 Å². The molecule has 1 amide bonds. The van der Waals surface area contributed by atoms with Gasteiger partial charge in [0.25, 0.3) is 0 Å². The summed E-state index contributed by atoms with van der Waals surface area (Å²) in [5.41, 5.74) is 1.68. The number of benzene rings is 1. The molecule has 3 rings (SSSR count). The van der Waals surface area contributed by atoms with Gasteiger partial charge in [0.2, 0.25) is 11.8 Å². The highest BCUT2D eigenvalue weighted by atomic mass is 35.5. The maximum atomic E-state index is 12.5. The second-order valence-electron chi connectivity index (χ2n) is 5.98. The van der Waals surface area contributed by atoms with E-state index < -0.39 is 0 Å². The average molecular weight is 377 g/mol. The summed E-state index contributed by atoms with van der Waals surface area (Å²) in [6.07, 6.45) is 1.19. The molecular weight excluding hydrogens is 356 g/mol. The monoisotopic (exact) mass is 376 g/mol. The normalized spacial score (nSPS) is 16.7. The lowest BCUT2D eigenvalue weighted by Crippen LogP contribution is -2.28. The number of hydrogen-bond donors (Lipinski definition) is 0. The van der Waals surface area contributed by atoms with Gasteiger partial charge in [-0.05, 0) is 30.7 Å². The molecule has 1 aliphatic rings. The first-order chi connectivity index (χ1) is 12.6. The molecule has 0 saturated carbocycles. The molecule has 1 atom stereocenters. The number of carbonyl (C=O) groups is 1. The van der Waals surface area contributed by atoms with Gasteiger partial charge in [0.15, 0.2) is 0 Å². The number of carbonyl (C=O) groups excluding carboxylic acids is 1. The predicted molar refractivity (Wildman–Crippen MR) is 97.9 cm³/mol. The van der Waals surface area contributed by atoms with Gasteiger partial charge >= 0.3 is 0 Å². The van der Waals surface area contributed by atoms with E-state index in [0.29, 0.717) is 41.8 Å². The van der Waals surface area contributed by atoms with Gasteiger partial charge in [0, 0.05) is 24.6 Å². The summed E-state index contributed by atoms with van der Waals surface area (Å²) in [5, 5.41) is 0.448. The first kappa shape index (κ1) is 18.3. The first-order valence-electron chi connectivity index (χ1n) is 8.28. The standard InChI is InChI=1S/C19H21ClN2O4/c1-24-13-5-4-12(17(10-13)25-2)11-22-16(8-9-18(22)23)15-7-6-14(20)19(21-15)26-3/h4-7,10,16H,8-9,11H2,1-3H3/t16-/m1/s1. The molecule has 0 aliphatic carbocycles. The molecule has 0 spiro atoms. The Labute approximate surface area is 157 Å². The van der Waals surface area contributed by atoms with Crippen LogP contribution in [0.1, 0.15) is 30.1 Å².